The summed E-state index contributed by atoms with van der Waals surface area (Å²) in [5, 5.41) is 6.37. The molecule has 1 fully saturated rings. The average Bonchev–Trinajstić information content (AvgIpc) is 2.57. The maximum absolute atomic E-state index is 11.0. The van der Waals surface area contributed by atoms with E-state index in [1.54, 1.807) is 0 Å². The Morgan fingerprint density at radius 1 is 1.33 bits per heavy atom. The van der Waals surface area contributed by atoms with Crippen molar-refractivity contribution in [1.82, 2.24) is 0 Å². The van der Waals surface area contributed by atoms with E-state index in [0.29, 0.717) is 11.5 Å². The molecule has 1 aliphatic rings. The highest BCUT2D eigenvalue weighted by molar-refractivity contribution is 5.89. The van der Waals surface area contributed by atoms with Crippen LogP contribution in [0.15, 0.2) is 24.3 Å². The van der Waals surface area contributed by atoms with Gasteiger partial charge in [0.25, 0.3) is 0 Å². The van der Waals surface area contributed by atoms with Gasteiger partial charge in [0.1, 0.15) is 0 Å². The van der Waals surface area contributed by atoms with E-state index in [4.69, 9.17) is 0 Å². The van der Waals surface area contributed by atoms with Crippen molar-refractivity contribution in [3.8, 4) is 0 Å². The Morgan fingerprint density at radius 2 is 2.06 bits per heavy atom. The molecule has 3 heteroatoms. The molecule has 0 bridgehead atoms. The highest BCUT2D eigenvalue weighted by Crippen LogP contribution is 2.38. The Morgan fingerprint density at radius 3 is 2.67 bits per heavy atom. The fourth-order valence-electron chi connectivity index (χ4n) is 2.69. The Balaban J connectivity index is 1.99. The highest BCUT2D eigenvalue weighted by Gasteiger charge is 2.30. The molecule has 0 spiro atoms. The van der Waals surface area contributed by atoms with Crippen LogP contribution in [0.25, 0.3) is 0 Å². The summed E-state index contributed by atoms with van der Waals surface area (Å²) in [6, 6.07) is 8.47. The molecule has 98 valence electrons. The molecular formula is C15H22N2O. The molecule has 3 nitrogen and oxygen atoms in total. The maximum atomic E-state index is 11.0. The van der Waals surface area contributed by atoms with Crippen LogP contribution in [0.4, 0.5) is 11.4 Å². The first-order valence-electron chi connectivity index (χ1n) is 6.59. The number of carbonyl (C=O) groups excluding carboxylic acids is 1. The molecule has 18 heavy (non-hydrogen) atoms. The molecule has 2 rings (SSSR count). The van der Waals surface area contributed by atoms with Gasteiger partial charge >= 0.3 is 0 Å². The lowest BCUT2D eigenvalue weighted by molar-refractivity contribution is -0.114. The topological polar surface area (TPSA) is 41.1 Å². The van der Waals surface area contributed by atoms with E-state index in [0.717, 1.165) is 11.4 Å². The lowest BCUT2D eigenvalue weighted by atomic mass is 9.92. The van der Waals surface area contributed by atoms with Crippen molar-refractivity contribution >= 4 is 17.3 Å². The summed E-state index contributed by atoms with van der Waals surface area (Å²) >= 11 is 0. The molecule has 0 aliphatic heterocycles. The fraction of sp³-hybridized carbons (Fsp3) is 0.533. The number of amides is 1. The minimum atomic E-state index is -0.0332. The number of rotatable bonds is 3. The zero-order valence-corrected chi connectivity index (χ0v) is 11.4. The van der Waals surface area contributed by atoms with Gasteiger partial charge in [-0.15, -0.1) is 0 Å². The van der Waals surface area contributed by atoms with Gasteiger partial charge < -0.3 is 10.6 Å². The summed E-state index contributed by atoms with van der Waals surface area (Å²) in [6.45, 7) is 6.17. The molecule has 1 atom stereocenters. The lowest BCUT2D eigenvalue weighted by Gasteiger charge is -2.19. The third-order valence-electron chi connectivity index (χ3n) is 3.52. The Hall–Kier alpha value is -1.51. The molecule has 1 unspecified atom stereocenters. The molecular weight excluding hydrogens is 224 g/mol. The largest absolute Gasteiger partial charge is 0.382 e. The van der Waals surface area contributed by atoms with E-state index in [-0.39, 0.29) is 5.91 Å². The molecule has 0 aromatic heterocycles. The second-order valence-corrected chi connectivity index (χ2v) is 6.01. The number of hydrogen-bond acceptors (Lipinski definition) is 2. The lowest BCUT2D eigenvalue weighted by Crippen LogP contribution is -2.17. The average molecular weight is 246 g/mol. The predicted octanol–water partition coefficient (Wildman–Crippen LogP) is 3.64. The number of hydrogen-bond donors (Lipinski definition) is 2. The SMILES string of the molecule is CC(=O)Nc1cccc(NC2CCC(C)(C)C2)c1. The normalized spacial score (nSPS) is 21.6. The van der Waals surface area contributed by atoms with Crippen molar-refractivity contribution in [2.75, 3.05) is 10.6 Å². The first-order valence-corrected chi connectivity index (χ1v) is 6.59. The number of nitrogens with one attached hydrogen (secondary N) is 2. The summed E-state index contributed by atoms with van der Waals surface area (Å²) in [6.07, 6.45) is 3.70. The summed E-state index contributed by atoms with van der Waals surface area (Å²) in [4.78, 5) is 11.0. The van der Waals surface area contributed by atoms with Crippen molar-refractivity contribution in [2.45, 2.75) is 46.1 Å². The second kappa shape index (κ2) is 5.01. The van der Waals surface area contributed by atoms with Gasteiger partial charge in [-0.2, -0.15) is 0 Å². The van der Waals surface area contributed by atoms with E-state index >= 15 is 0 Å². The Kier molecular flexibility index (Phi) is 3.60. The number of anilines is 2. The van der Waals surface area contributed by atoms with Crippen molar-refractivity contribution in [3.05, 3.63) is 24.3 Å². The van der Waals surface area contributed by atoms with Crippen LogP contribution in [0, 0.1) is 5.41 Å². The van der Waals surface area contributed by atoms with Crippen LogP contribution in [-0.2, 0) is 4.79 Å². The molecule has 1 aromatic carbocycles. The number of benzene rings is 1. The third kappa shape index (κ3) is 3.49. The van der Waals surface area contributed by atoms with Gasteiger partial charge in [0, 0.05) is 24.3 Å². The predicted molar refractivity (Wildman–Crippen MR) is 75.8 cm³/mol. The van der Waals surface area contributed by atoms with E-state index in [9.17, 15) is 4.79 Å². The fourth-order valence-corrected chi connectivity index (χ4v) is 2.69. The first kappa shape index (κ1) is 12.9. The summed E-state index contributed by atoms with van der Waals surface area (Å²) in [5.74, 6) is -0.0332. The number of carbonyl (C=O) groups is 1. The summed E-state index contributed by atoms with van der Waals surface area (Å²) < 4.78 is 0. The zero-order valence-electron chi connectivity index (χ0n) is 11.4. The third-order valence-corrected chi connectivity index (χ3v) is 3.52. The van der Waals surface area contributed by atoms with Crippen LogP contribution in [-0.4, -0.2) is 11.9 Å². The van der Waals surface area contributed by atoms with Gasteiger partial charge in [0.05, 0.1) is 0 Å². The first-order chi connectivity index (χ1) is 8.44. The molecule has 0 saturated heterocycles. The maximum Gasteiger partial charge on any atom is 0.221 e. The van der Waals surface area contributed by atoms with Crippen LogP contribution in [0.5, 0.6) is 0 Å². The van der Waals surface area contributed by atoms with Gasteiger partial charge in [-0.3, -0.25) is 4.79 Å². The van der Waals surface area contributed by atoms with E-state index in [1.165, 1.54) is 26.2 Å². The van der Waals surface area contributed by atoms with Gasteiger partial charge in [-0.25, -0.2) is 0 Å². The van der Waals surface area contributed by atoms with Gasteiger partial charge in [-0.1, -0.05) is 19.9 Å². The molecule has 1 aromatic rings. The van der Waals surface area contributed by atoms with Crippen molar-refractivity contribution in [1.29, 1.82) is 0 Å². The van der Waals surface area contributed by atoms with Crippen LogP contribution in [0.1, 0.15) is 40.0 Å². The molecule has 1 aliphatic carbocycles. The monoisotopic (exact) mass is 246 g/mol. The molecule has 0 radical (unpaired) electrons. The van der Waals surface area contributed by atoms with E-state index in [1.807, 2.05) is 18.2 Å². The van der Waals surface area contributed by atoms with E-state index in [2.05, 4.69) is 30.5 Å². The molecule has 2 N–H and O–H groups in total. The minimum Gasteiger partial charge on any atom is -0.382 e. The van der Waals surface area contributed by atoms with Gasteiger partial charge in [0.2, 0.25) is 5.91 Å². The summed E-state index contributed by atoms with van der Waals surface area (Å²) in [7, 11) is 0. The van der Waals surface area contributed by atoms with Crippen LogP contribution >= 0.6 is 0 Å². The van der Waals surface area contributed by atoms with Crippen LogP contribution in [0.3, 0.4) is 0 Å². The second-order valence-electron chi connectivity index (χ2n) is 6.01. The zero-order chi connectivity index (χ0) is 13.2. The van der Waals surface area contributed by atoms with Crippen molar-refractivity contribution in [3.63, 3.8) is 0 Å². The van der Waals surface area contributed by atoms with Crippen LogP contribution in [0.2, 0.25) is 0 Å². The molecule has 1 amide bonds. The Bertz CT molecular complexity index is 440. The van der Waals surface area contributed by atoms with Gasteiger partial charge in [-0.05, 0) is 42.9 Å². The molecule has 0 heterocycles. The van der Waals surface area contributed by atoms with Crippen molar-refractivity contribution < 1.29 is 4.79 Å². The van der Waals surface area contributed by atoms with Crippen LogP contribution < -0.4 is 10.6 Å². The Labute approximate surface area is 109 Å². The van der Waals surface area contributed by atoms with E-state index < -0.39 is 0 Å². The minimum absolute atomic E-state index is 0.0332. The standard InChI is InChI=1S/C15H22N2O/c1-11(18)16-12-5-4-6-13(9-12)17-14-7-8-15(2,3)10-14/h4-6,9,14,17H,7-8,10H2,1-3H3,(H,16,18). The van der Waals surface area contributed by atoms with Gasteiger partial charge in [0.15, 0.2) is 0 Å². The smallest absolute Gasteiger partial charge is 0.221 e. The van der Waals surface area contributed by atoms with Crippen molar-refractivity contribution in [2.24, 2.45) is 5.41 Å². The highest BCUT2D eigenvalue weighted by atomic mass is 16.1. The quantitative estimate of drug-likeness (QED) is 0.855. The summed E-state index contributed by atoms with van der Waals surface area (Å²) in [5.41, 5.74) is 2.39. The molecule has 1 saturated carbocycles.